The minimum absolute atomic E-state index is 0.156. The first-order valence-electron chi connectivity index (χ1n) is 8.23. The molecule has 0 saturated heterocycles. The van der Waals surface area contributed by atoms with Crippen molar-refractivity contribution in [3.05, 3.63) is 88.1 Å². The molecule has 0 unspecified atom stereocenters. The van der Waals surface area contributed by atoms with Gasteiger partial charge >= 0.3 is 5.69 Å². The second-order valence-electron chi connectivity index (χ2n) is 6.07. The smallest absolute Gasteiger partial charge is 0.331 e. The lowest BCUT2D eigenvalue weighted by Gasteiger charge is -2.09. The lowest BCUT2D eigenvalue weighted by Crippen LogP contribution is -2.14. The third kappa shape index (κ3) is 3.08. The van der Waals surface area contributed by atoms with Gasteiger partial charge in [-0.3, -0.25) is 4.57 Å². The van der Waals surface area contributed by atoms with E-state index in [1.54, 1.807) is 48.6 Å². The van der Waals surface area contributed by atoms with Gasteiger partial charge < -0.3 is 15.2 Å². The molecule has 0 aliphatic rings. The van der Waals surface area contributed by atoms with Crippen molar-refractivity contribution in [2.75, 3.05) is 0 Å². The van der Waals surface area contributed by atoms with Crippen molar-refractivity contribution in [1.82, 2.24) is 9.55 Å². The molecule has 0 radical (unpaired) electrons. The molecule has 1 aromatic heterocycles. The summed E-state index contributed by atoms with van der Waals surface area (Å²) in [6, 6.07) is 15.8. The number of hydrogen-bond donors (Lipinski definition) is 3. The van der Waals surface area contributed by atoms with E-state index in [2.05, 4.69) is 4.98 Å². The van der Waals surface area contributed by atoms with Crippen LogP contribution in [0.5, 0.6) is 11.5 Å². The Balaban J connectivity index is 1.84. The van der Waals surface area contributed by atoms with E-state index in [1.807, 2.05) is 0 Å². The molecule has 4 rings (SSSR count). The lowest BCUT2D eigenvalue weighted by atomic mass is 10.1. The number of rotatable bonds is 3. The summed E-state index contributed by atoms with van der Waals surface area (Å²) >= 11 is 0. The Labute approximate surface area is 153 Å². The summed E-state index contributed by atoms with van der Waals surface area (Å²) in [5, 5.41) is 20.4. The molecule has 0 spiro atoms. The molecule has 4 aromatic rings. The maximum atomic E-state index is 13.3. The Morgan fingerprint density at radius 2 is 1.74 bits per heavy atom. The van der Waals surface area contributed by atoms with Crippen LogP contribution in [0.25, 0.3) is 28.9 Å². The van der Waals surface area contributed by atoms with E-state index in [1.165, 1.54) is 28.8 Å². The Morgan fingerprint density at radius 1 is 0.926 bits per heavy atom. The van der Waals surface area contributed by atoms with Crippen molar-refractivity contribution in [2.24, 2.45) is 0 Å². The second-order valence-corrected chi connectivity index (χ2v) is 6.07. The van der Waals surface area contributed by atoms with Gasteiger partial charge in [0.1, 0.15) is 17.3 Å². The average Bonchev–Trinajstić information content (AvgIpc) is 2.97. The zero-order valence-corrected chi connectivity index (χ0v) is 14.1. The minimum Gasteiger partial charge on any atom is -0.507 e. The number of aromatic amines is 1. The number of nitrogens with one attached hydrogen (secondary N) is 1. The Bertz CT molecular complexity index is 1240. The number of fused-ring (bicyclic) bond motifs is 1. The average molecular weight is 362 g/mol. The molecule has 27 heavy (non-hydrogen) atoms. The first-order chi connectivity index (χ1) is 13.0. The van der Waals surface area contributed by atoms with Gasteiger partial charge in [0.15, 0.2) is 0 Å². The van der Waals surface area contributed by atoms with Crippen LogP contribution in [-0.2, 0) is 0 Å². The fourth-order valence-electron chi connectivity index (χ4n) is 2.98. The van der Waals surface area contributed by atoms with Gasteiger partial charge in [-0.15, -0.1) is 0 Å². The van der Waals surface area contributed by atoms with Crippen molar-refractivity contribution in [3.63, 3.8) is 0 Å². The van der Waals surface area contributed by atoms with Crippen LogP contribution in [0.2, 0.25) is 0 Å². The number of halogens is 1. The van der Waals surface area contributed by atoms with Crippen molar-refractivity contribution in [1.29, 1.82) is 0 Å². The number of para-hydroxylation sites is 2. The summed E-state index contributed by atoms with van der Waals surface area (Å²) in [7, 11) is 0. The maximum absolute atomic E-state index is 13.3. The largest absolute Gasteiger partial charge is 0.507 e. The summed E-state index contributed by atoms with van der Waals surface area (Å²) in [5.74, 6) is -0.753. The van der Waals surface area contributed by atoms with E-state index in [0.29, 0.717) is 22.2 Å². The summed E-state index contributed by atoms with van der Waals surface area (Å²) in [6.45, 7) is 0. The SMILES string of the molecule is O=c1[nH]c2ccccc2n1-c1cc(C=Cc2cccc(F)c2)c(O)cc1O. The number of hydrogen-bond acceptors (Lipinski definition) is 3. The first-order valence-corrected chi connectivity index (χ1v) is 8.23. The Hall–Kier alpha value is -3.80. The van der Waals surface area contributed by atoms with Crippen LogP contribution in [0.1, 0.15) is 11.1 Å². The fraction of sp³-hybridized carbons (Fsp3) is 0. The number of phenolic OH excluding ortho intramolecular Hbond substituents is 2. The van der Waals surface area contributed by atoms with Gasteiger partial charge in [-0.25, -0.2) is 9.18 Å². The van der Waals surface area contributed by atoms with Crippen LogP contribution < -0.4 is 5.69 Å². The normalized spacial score (nSPS) is 11.4. The quantitative estimate of drug-likeness (QED) is 0.481. The van der Waals surface area contributed by atoms with Crippen LogP contribution in [0.3, 0.4) is 0 Å². The number of aromatic hydroxyl groups is 2. The standard InChI is InChI=1S/C21H15FN2O3/c22-15-5-3-4-13(10-15)8-9-14-11-18(20(26)12-19(14)25)24-17-7-2-1-6-16(17)23-21(24)27/h1-12,25-26H,(H,23,27). The molecule has 0 atom stereocenters. The number of H-pyrrole nitrogens is 1. The molecule has 3 aromatic carbocycles. The fourth-order valence-corrected chi connectivity index (χ4v) is 2.98. The molecule has 0 fully saturated rings. The van der Waals surface area contributed by atoms with E-state index in [4.69, 9.17) is 0 Å². The maximum Gasteiger partial charge on any atom is 0.331 e. The van der Waals surface area contributed by atoms with E-state index >= 15 is 0 Å². The van der Waals surface area contributed by atoms with Crippen LogP contribution in [0.15, 0.2) is 65.5 Å². The molecular weight excluding hydrogens is 347 g/mol. The van der Waals surface area contributed by atoms with Gasteiger partial charge in [0, 0.05) is 11.6 Å². The predicted octanol–water partition coefficient (Wildman–Crippen LogP) is 4.04. The third-order valence-electron chi connectivity index (χ3n) is 4.26. The van der Waals surface area contributed by atoms with Gasteiger partial charge in [-0.2, -0.15) is 0 Å². The topological polar surface area (TPSA) is 78.2 Å². The minimum atomic E-state index is -0.405. The first kappa shape index (κ1) is 16.7. The molecule has 5 nitrogen and oxygen atoms in total. The summed E-state index contributed by atoms with van der Waals surface area (Å²) in [4.78, 5) is 15.1. The van der Waals surface area contributed by atoms with Gasteiger partial charge in [-0.05, 0) is 35.9 Å². The summed E-state index contributed by atoms with van der Waals surface area (Å²) in [5.41, 5.74) is 2.05. The van der Waals surface area contributed by atoms with Gasteiger partial charge in [-0.1, -0.05) is 36.4 Å². The van der Waals surface area contributed by atoms with Crippen molar-refractivity contribution < 1.29 is 14.6 Å². The summed E-state index contributed by atoms with van der Waals surface area (Å²) < 4.78 is 14.6. The van der Waals surface area contributed by atoms with Crippen LogP contribution >= 0.6 is 0 Å². The van der Waals surface area contributed by atoms with Crippen molar-refractivity contribution in [2.45, 2.75) is 0 Å². The van der Waals surface area contributed by atoms with Gasteiger partial charge in [0.25, 0.3) is 0 Å². The zero-order valence-electron chi connectivity index (χ0n) is 14.1. The highest BCUT2D eigenvalue weighted by Gasteiger charge is 2.14. The highest BCUT2D eigenvalue weighted by molar-refractivity contribution is 5.80. The van der Waals surface area contributed by atoms with E-state index in [-0.39, 0.29) is 23.0 Å². The molecule has 0 aliphatic carbocycles. The molecule has 134 valence electrons. The lowest BCUT2D eigenvalue weighted by molar-refractivity contribution is 0.448. The number of benzene rings is 3. The highest BCUT2D eigenvalue weighted by atomic mass is 19.1. The molecule has 0 bridgehead atoms. The number of phenols is 2. The second kappa shape index (κ2) is 6.49. The van der Waals surface area contributed by atoms with Crippen molar-refractivity contribution in [3.8, 4) is 17.2 Å². The predicted molar refractivity (Wildman–Crippen MR) is 103 cm³/mol. The molecule has 6 heteroatoms. The molecule has 1 heterocycles. The molecule has 0 aliphatic heterocycles. The molecular formula is C21H15FN2O3. The third-order valence-corrected chi connectivity index (χ3v) is 4.26. The Morgan fingerprint density at radius 3 is 2.56 bits per heavy atom. The van der Waals surface area contributed by atoms with E-state index in [9.17, 15) is 19.4 Å². The summed E-state index contributed by atoms with van der Waals surface area (Å²) in [6.07, 6.45) is 3.23. The highest BCUT2D eigenvalue weighted by Crippen LogP contribution is 2.32. The number of imidazole rings is 1. The van der Waals surface area contributed by atoms with Crippen LogP contribution in [0.4, 0.5) is 4.39 Å². The number of aromatic nitrogens is 2. The molecule has 0 amide bonds. The van der Waals surface area contributed by atoms with Gasteiger partial charge in [0.05, 0.1) is 16.7 Å². The van der Waals surface area contributed by atoms with Crippen LogP contribution in [-0.4, -0.2) is 19.8 Å². The molecule has 3 N–H and O–H groups in total. The number of nitrogens with zero attached hydrogens (tertiary/aromatic N) is 1. The van der Waals surface area contributed by atoms with Crippen molar-refractivity contribution >= 4 is 23.2 Å². The van der Waals surface area contributed by atoms with E-state index in [0.717, 1.165) is 0 Å². The monoisotopic (exact) mass is 362 g/mol. The van der Waals surface area contributed by atoms with E-state index < -0.39 is 5.69 Å². The van der Waals surface area contributed by atoms with Crippen LogP contribution in [0, 0.1) is 5.82 Å². The Kier molecular flexibility index (Phi) is 4.01. The van der Waals surface area contributed by atoms with Gasteiger partial charge in [0.2, 0.25) is 0 Å². The zero-order chi connectivity index (χ0) is 19.0. The molecule has 0 saturated carbocycles.